The maximum atomic E-state index is 4.67. The van der Waals surface area contributed by atoms with Gasteiger partial charge in [-0.25, -0.2) is 9.67 Å². The van der Waals surface area contributed by atoms with Crippen molar-refractivity contribution in [1.82, 2.24) is 14.8 Å². The molecule has 124 valence electrons. The van der Waals surface area contributed by atoms with Gasteiger partial charge >= 0.3 is 0 Å². The van der Waals surface area contributed by atoms with Gasteiger partial charge in [0.05, 0.1) is 6.54 Å². The second-order valence-corrected chi connectivity index (χ2v) is 6.20. The summed E-state index contributed by atoms with van der Waals surface area (Å²) in [4.78, 5) is 4.61. The van der Waals surface area contributed by atoms with Gasteiger partial charge < -0.3 is 0 Å². The molecule has 2 rings (SSSR count). The summed E-state index contributed by atoms with van der Waals surface area (Å²) in [7, 11) is 0. The van der Waals surface area contributed by atoms with Crippen LogP contribution in [0.4, 0.5) is 0 Å². The first kappa shape index (κ1) is 17.5. The summed E-state index contributed by atoms with van der Waals surface area (Å²) in [6, 6.07) is 8.44. The van der Waals surface area contributed by atoms with Crippen LogP contribution in [0, 0.1) is 6.92 Å². The third kappa shape index (κ3) is 5.66. The molecule has 0 aliphatic heterocycles. The molecule has 1 aromatic heterocycles. The lowest BCUT2D eigenvalue weighted by atomic mass is 10.1. The van der Waals surface area contributed by atoms with Crippen LogP contribution < -0.4 is 0 Å². The molecule has 0 atom stereocenters. The van der Waals surface area contributed by atoms with Gasteiger partial charge in [-0.2, -0.15) is 5.10 Å². The molecule has 0 radical (unpaired) electrons. The molecule has 0 saturated carbocycles. The van der Waals surface area contributed by atoms with E-state index in [9.17, 15) is 0 Å². The maximum Gasteiger partial charge on any atom is 0.150 e. The van der Waals surface area contributed by atoms with E-state index in [1.165, 1.54) is 44.1 Å². The molecule has 0 unspecified atom stereocenters. The van der Waals surface area contributed by atoms with Crippen LogP contribution in [0.5, 0.6) is 0 Å². The fraction of sp³-hybridized carbons (Fsp3) is 0.500. The number of aryl methyl sites for hydroxylation is 2. The van der Waals surface area contributed by atoms with Crippen LogP contribution in [0.1, 0.15) is 68.2 Å². The van der Waals surface area contributed by atoms with Crippen molar-refractivity contribution in [2.45, 2.75) is 65.3 Å². The lowest BCUT2D eigenvalue weighted by Gasteiger charge is -2.04. The molecule has 23 heavy (non-hydrogen) atoms. The number of nitrogens with zero attached hydrogens (tertiary/aromatic N) is 3. The largest absolute Gasteiger partial charge is 0.246 e. The highest BCUT2D eigenvalue weighted by atomic mass is 15.3. The fourth-order valence-corrected chi connectivity index (χ4v) is 2.73. The van der Waals surface area contributed by atoms with E-state index in [0.29, 0.717) is 0 Å². The fourth-order valence-electron chi connectivity index (χ4n) is 2.73. The molecule has 3 heteroatoms. The van der Waals surface area contributed by atoms with Gasteiger partial charge in [0.2, 0.25) is 0 Å². The van der Waals surface area contributed by atoms with E-state index in [4.69, 9.17) is 0 Å². The Morgan fingerprint density at radius 2 is 1.74 bits per heavy atom. The van der Waals surface area contributed by atoms with E-state index in [-0.39, 0.29) is 0 Å². The predicted molar refractivity (Wildman–Crippen MR) is 97.5 cm³/mol. The molecule has 0 fully saturated rings. The molecule has 0 aliphatic carbocycles. The Labute approximate surface area is 140 Å². The van der Waals surface area contributed by atoms with E-state index < -0.39 is 0 Å². The van der Waals surface area contributed by atoms with Crippen LogP contribution >= 0.6 is 0 Å². The second-order valence-electron chi connectivity index (χ2n) is 6.20. The third-order valence-electron chi connectivity index (χ3n) is 4.20. The van der Waals surface area contributed by atoms with Crippen LogP contribution in [-0.2, 0) is 13.0 Å². The summed E-state index contributed by atoms with van der Waals surface area (Å²) in [5.41, 5.74) is 2.39. The second kappa shape index (κ2) is 9.29. The summed E-state index contributed by atoms with van der Waals surface area (Å²) in [6.07, 6.45) is 10.7. The minimum Gasteiger partial charge on any atom is -0.246 e. The van der Waals surface area contributed by atoms with Crippen molar-refractivity contribution in [3.8, 4) is 0 Å². The zero-order valence-electron chi connectivity index (χ0n) is 14.6. The standard InChI is InChI=1S/C20H29N3/c1-4-6-7-8-9-10-11-20-21-17(3)23(22-20)16-19-14-12-18(5-2)13-15-19/h5,12-15H,2,4,6-11,16H2,1,3H3. The van der Waals surface area contributed by atoms with Crippen molar-refractivity contribution in [1.29, 1.82) is 0 Å². The highest BCUT2D eigenvalue weighted by molar-refractivity contribution is 5.47. The summed E-state index contributed by atoms with van der Waals surface area (Å²) in [6.45, 7) is 8.86. The number of hydrogen-bond acceptors (Lipinski definition) is 2. The van der Waals surface area contributed by atoms with Gasteiger partial charge in [0.15, 0.2) is 5.82 Å². The van der Waals surface area contributed by atoms with Gasteiger partial charge in [-0.05, 0) is 24.5 Å². The number of rotatable bonds is 10. The van der Waals surface area contributed by atoms with Gasteiger partial charge in [0.25, 0.3) is 0 Å². The molecule has 0 amide bonds. The van der Waals surface area contributed by atoms with Crippen LogP contribution in [0.2, 0.25) is 0 Å². The molecule has 0 bridgehead atoms. The van der Waals surface area contributed by atoms with Crippen molar-refractivity contribution in [2.24, 2.45) is 0 Å². The van der Waals surface area contributed by atoms with Gasteiger partial charge in [-0.1, -0.05) is 75.9 Å². The van der Waals surface area contributed by atoms with Gasteiger partial charge in [0.1, 0.15) is 5.82 Å². The van der Waals surface area contributed by atoms with Crippen LogP contribution in [0.15, 0.2) is 30.8 Å². The summed E-state index contributed by atoms with van der Waals surface area (Å²) < 4.78 is 2.01. The van der Waals surface area contributed by atoms with Crippen LogP contribution in [0.25, 0.3) is 6.08 Å². The zero-order chi connectivity index (χ0) is 16.5. The molecule has 1 heterocycles. The zero-order valence-corrected chi connectivity index (χ0v) is 14.6. The van der Waals surface area contributed by atoms with E-state index in [1.807, 2.05) is 17.7 Å². The molecule has 0 spiro atoms. The molecule has 0 saturated heterocycles. The molecule has 1 aromatic carbocycles. The molecule has 0 aliphatic rings. The first-order chi connectivity index (χ1) is 11.2. The predicted octanol–water partition coefficient (Wildman–Crippen LogP) is 5.18. The van der Waals surface area contributed by atoms with E-state index in [0.717, 1.165) is 30.2 Å². The Morgan fingerprint density at radius 1 is 1.04 bits per heavy atom. The lowest BCUT2D eigenvalue weighted by Crippen LogP contribution is -2.04. The molecular formula is C20H29N3. The number of aromatic nitrogens is 3. The van der Waals surface area contributed by atoms with Crippen molar-refractivity contribution >= 4 is 6.08 Å². The van der Waals surface area contributed by atoms with Crippen LogP contribution in [-0.4, -0.2) is 14.8 Å². The smallest absolute Gasteiger partial charge is 0.150 e. The lowest BCUT2D eigenvalue weighted by molar-refractivity contribution is 0.595. The van der Waals surface area contributed by atoms with Crippen molar-refractivity contribution in [3.05, 3.63) is 53.6 Å². The average molecular weight is 311 g/mol. The Kier molecular flexibility index (Phi) is 7.05. The highest BCUT2D eigenvalue weighted by Crippen LogP contribution is 2.11. The van der Waals surface area contributed by atoms with Gasteiger partial charge in [-0.15, -0.1) is 0 Å². The minimum atomic E-state index is 0.784. The quantitative estimate of drug-likeness (QED) is 0.566. The van der Waals surface area contributed by atoms with Crippen molar-refractivity contribution < 1.29 is 0 Å². The number of benzene rings is 1. The van der Waals surface area contributed by atoms with E-state index in [2.05, 4.69) is 47.9 Å². The summed E-state index contributed by atoms with van der Waals surface area (Å²) in [5.74, 6) is 1.99. The Hall–Kier alpha value is -1.90. The maximum absolute atomic E-state index is 4.67. The van der Waals surface area contributed by atoms with Gasteiger partial charge in [0, 0.05) is 6.42 Å². The van der Waals surface area contributed by atoms with E-state index in [1.54, 1.807) is 0 Å². The van der Waals surface area contributed by atoms with E-state index >= 15 is 0 Å². The topological polar surface area (TPSA) is 30.7 Å². The Balaban J connectivity index is 1.83. The minimum absolute atomic E-state index is 0.784. The van der Waals surface area contributed by atoms with Crippen LogP contribution in [0.3, 0.4) is 0 Å². The summed E-state index contributed by atoms with van der Waals surface area (Å²) in [5, 5.41) is 4.67. The molecular weight excluding hydrogens is 282 g/mol. The van der Waals surface area contributed by atoms with Gasteiger partial charge in [-0.3, -0.25) is 0 Å². The first-order valence-electron chi connectivity index (χ1n) is 8.84. The van der Waals surface area contributed by atoms with Crippen molar-refractivity contribution in [2.75, 3.05) is 0 Å². The normalized spacial score (nSPS) is 10.9. The number of hydrogen-bond donors (Lipinski definition) is 0. The Bertz CT molecular complexity index is 596. The first-order valence-corrected chi connectivity index (χ1v) is 8.84. The third-order valence-corrected chi connectivity index (χ3v) is 4.20. The Morgan fingerprint density at radius 3 is 2.43 bits per heavy atom. The number of unbranched alkanes of at least 4 members (excludes halogenated alkanes) is 5. The highest BCUT2D eigenvalue weighted by Gasteiger charge is 2.06. The molecule has 2 aromatic rings. The van der Waals surface area contributed by atoms with Crippen molar-refractivity contribution in [3.63, 3.8) is 0 Å². The SMILES string of the molecule is C=Cc1ccc(Cn2nc(CCCCCCCC)nc2C)cc1. The average Bonchev–Trinajstić information content (AvgIpc) is 2.91. The molecule has 0 N–H and O–H groups in total. The summed E-state index contributed by atoms with van der Waals surface area (Å²) >= 11 is 0. The monoisotopic (exact) mass is 311 g/mol. The molecule has 3 nitrogen and oxygen atoms in total.